The number of hydrogen-bond donors (Lipinski definition) is 1. The number of halogens is 2. The molecule has 0 bridgehead atoms. The van der Waals surface area contributed by atoms with Crippen molar-refractivity contribution in [2.45, 2.75) is 32.9 Å². The Labute approximate surface area is 118 Å². The van der Waals surface area contributed by atoms with E-state index >= 15 is 0 Å². The van der Waals surface area contributed by atoms with Gasteiger partial charge < -0.3 is 5.32 Å². The molecule has 0 aliphatic rings. The maximum absolute atomic E-state index is 12.5. The third-order valence-corrected chi connectivity index (χ3v) is 3.42. The largest absolute Gasteiger partial charge is 0.306 e. The van der Waals surface area contributed by atoms with E-state index < -0.39 is 6.43 Å². The SMILES string of the molecule is Cc1ccc([C@H](C)NCc2ccc(C(F)F)cc2)cc1. The molecule has 106 valence electrons. The summed E-state index contributed by atoms with van der Waals surface area (Å²) in [6, 6.07) is 15.1. The number of rotatable bonds is 5. The predicted octanol–water partition coefficient (Wildman–Crippen LogP) is 4.78. The topological polar surface area (TPSA) is 12.0 Å². The molecule has 2 aromatic rings. The Morgan fingerprint density at radius 2 is 1.45 bits per heavy atom. The molecule has 2 aromatic carbocycles. The summed E-state index contributed by atoms with van der Waals surface area (Å²) in [5.41, 5.74) is 3.54. The number of nitrogens with one attached hydrogen (secondary N) is 1. The first-order valence-corrected chi connectivity index (χ1v) is 6.73. The minimum absolute atomic E-state index is 0.0698. The van der Waals surface area contributed by atoms with Gasteiger partial charge in [0.05, 0.1) is 0 Å². The molecule has 1 N–H and O–H groups in total. The molecule has 0 radical (unpaired) electrons. The fourth-order valence-electron chi connectivity index (χ4n) is 2.02. The van der Waals surface area contributed by atoms with Crippen molar-refractivity contribution < 1.29 is 8.78 Å². The first-order valence-electron chi connectivity index (χ1n) is 6.73. The van der Waals surface area contributed by atoms with E-state index in [9.17, 15) is 8.78 Å². The molecule has 0 heterocycles. The van der Waals surface area contributed by atoms with Gasteiger partial charge in [0.25, 0.3) is 6.43 Å². The second kappa shape index (κ2) is 6.62. The van der Waals surface area contributed by atoms with Crippen LogP contribution in [0.1, 0.15) is 41.6 Å². The van der Waals surface area contributed by atoms with E-state index in [1.54, 1.807) is 12.1 Å². The second-order valence-corrected chi connectivity index (χ2v) is 5.06. The van der Waals surface area contributed by atoms with Gasteiger partial charge in [0, 0.05) is 18.2 Å². The van der Waals surface area contributed by atoms with Gasteiger partial charge in [0.2, 0.25) is 0 Å². The Kier molecular flexibility index (Phi) is 4.85. The molecule has 0 spiro atoms. The van der Waals surface area contributed by atoms with Gasteiger partial charge in [-0.05, 0) is 25.0 Å². The summed E-state index contributed by atoms with van der Waals surface area (Å²) in [5, 5.41) is 3.40. The van der Waals surface area contributed by atoms with Gasteiger partial charge >= 0.3 is 0 Å². The van der Waals surface area contributed by atoms with Crippen molar-refractivity contribution in [3.05, 3.63) is 70.8 Å². The van der Waals surface area contributed by atoms with Crippen LogP contribution in [0.2, 0.25) is 0 Å². The second-order valence-electron chi connectivity index (χ2n) is 5.06. The molecule has 0 unspecified atom stereocenters. The Morgan fingerprint density at radius 3 is 2.00 bits per heavy atom. The van der Waals surface area contributed by atoms with E-state index in [1.807, 2.05) is 0 Å². The van der Waals surface area contributed by atoms with Crippen LogP contribution in [0.25, 0.3) is 0 Å². The van der Waals surface area contributed by atoms with Crippen LogP contribution in [0.4, 0.5) is 8.78 Å². The van der Waals surface area contributed by atoms with E-state index in [2.05, 4.69) is 43.4 Å². The van der Waals surface area contributed by atoms with Crippen molar-refractivity contribution in [1.29, 1.82) is 0 Å². The smallest absolute Gasteiger partial charge is 0.263 e. The van der Waals surface area contributed by atoms with Gasteiger partial charge in [-0.15, -0.1) is 0 Å². The van der Waals surface area contributed by atoms with Gasteiger partial charge in [-0.25, -0.2) is 8.78 Å². The summed E-state index contributed by atoms with van der Waals surface area (Å²) >= 11 is 0. The highest BCUT2D eigenvalue weighted by molar-refractivity contribution is 5.25. The Hall–Kier alpha value is -1.74. The van der Waals surface area contributed by atoms with Crippen LogP contribution in [-0.2, 0) is 6.54 Å². The number of benzene rings is 2. The van der Waals surface area contributed by atoms with Crippen LogP contribution < -0.4 is 5.32 Å². The average Bonchev–Trinajstić information content (AvgIpc) is 2.46. The minimum atomic E-state index is -2.40. The summed E-state index contributed by atoms with van der Waals surface area (Å²) < 4.78 is 24.9. The molecule has 1 nitrogen and oxygen atoms in total. The molecule has 3 heteroatoms. The quantitative estimate of drug-likeness (QED) is 0.827. The summed E-state index contributed by atoms with van der Waals surface area (Å²) in [4.78, 5) is 0. The van der Waals surface area contributed by atoms with E-state index in [0.717, 1.165) is 5.56 Å². The third kappa shape index (κ3) is 3.87. The lowest BCUT2D eigenvalue weighted by atomic mass is 10.1. The maximum Gasteiger partial charge on any atom is 0.263 e. The van der Waals surface area contributed by atoms with Crippen molar-refractivity contribution in [1.82, 2.24) is 5.32 Å². The lowest BCUT2D eigenvalue weighted by Gasteiger charge is -2.14. The molecule has 2 rings (SSSR count). The van der Waals surface area contributed by atoms with Crippen LogP contribution in [0, 0.1) is 6.92 Å². The molecule has 0 saturated carbocycles. The predicted molar refractivity (Wildman–Crippen MR) is 77.8 cm³/mol. The van der Waals surface area contributed by atoms with E-state index in [4.69, 9.17) is 0 Å². The van der Waals surface area contributed by atoms with Crippen molar-refractivity contribution in [3.63, 3.8) is 0 Å². The van der Waals surface area contributed by atoms with Crippen LogP contribution in [0.3, 0.4) is 0 Å². The molecule has 0 fully saturated rings. The fraction of sp³-hybridized carbons (Fsp3) is 0.294. The lowest BCUT2D eigenvalue weighted by Crippen LogP contribution is -2.18. The van der Waals surface area contributed by atoms with Crippen molar-refractivity contribution in [2.24, 2.45) is 0 Å². The van der Waals surface area contributed by atoms with Gasteiger partial charge in [-0.2, -0.15) is 0 Å². The van der Waals surface area contributed by atoms with Crippen LogP contribution in [-0.4, -0.2) is 0 Å². The summed E-state index contributed by atoms with van der Waals surface area (Å²) in [6.45, 7) is 4.82. The summed E-state index contributed by atoms with van der Waals surface area (Å²) in [6.07, 6.45) is -2.40. The first kappa shape index (κ1) is 14.7. The van der Waals surface area contributed by atoms with Crippen LogP contribution in [0.15, 0.2) is 48.5 Å². The minimum Gasteiger partial charge on any atom is -0.306 e. The Bertz CT molecular complexity index is 532. The fourth-order valence-corrected chi connectivity index (χ4v) is 2.02. The molecular formula is C17H19F2N. The van der Waals surface area contributed by atoms with Gasteiger partial charge in [-0.1, -0.05) is 54.1 Å². The number of aryl methyl sites for hydroxylation is 1. The highest BCUT2D eigenvalue weighted by Crippen LogP contribution is 2.19. The summed E-state index contributed by atoms with van der Waals surface area (Å²) in [5.74, 6) is 0. The van der Waals surface area contributed by atoms with Gasteiger partial charge in [0.15, 0.2) is 0 Å². The van der Waals surface area contributed by atoms with E-state index in [-0.39, 0.29) is 11.6 Å². The lowest BCUT2D eigenvalue weighted by molar-refractivity contribution is 0.151. The monoisotopic (exact) mass is 275 g/mol. The average molecular weight is 275 g/mol. The zero-order valence-corrected chi connectivity index (χ0v) is 11.7. The molecule has 0 aromatic heterocycles. The van der Waals surface area contributed by atoms with Crippen LogP contribution >= 0.6 is 0 Å². The first-order chi connectivity index (χ1) is 9.56. The molecule has 20 heavy (non-hydrogen) atoms. The standard InChI is InChI=1S/C17H19F2N/c1-12-3-7-15(8-4-12)13(2)20-11-14-5-9-16(10-6-14)17(18)19/h3-10,13,17,20H,11H2,1-2H3/t13-/m0/s1. The molecule has 0 aliphatic heterocycles. The highest BCUT2D eigenvalue weighted by atomic mass is 19.3. The maximum atomic E-state index is 12.5. The van der Waals surface area contributed by atoms with E-state index in [1.165, 1.54) is 23.3 Å². The zero-order valence-electron chi connectivity index (χ0n) is 11.7. The van der Waals surface area contributed by atoms with Gasteiger partial charge in [0.1, 0.15) is 0 Å². The van der Waals surface area contributed by atoms with Crippen molar-refractivity contribution >= 4 is 0 Å². The molecular weight excluding hydrogens is 256 g/mol. The third-order valence-electron chi connectivity index (χ3n) is 3.42. The van der Waals surface area contributed by atoms with Gasteiger partial charge in [-0.3, -0.25) is 0 Å². The molecule has 0 amide bonds. The molecule has 1 atom stereocenters. The van der Waals surface area contributed by atoms with Crippen molar-refractivity contribution in [3.8, 4) is 0 Å². The number of hydrogen-bond acceptors (Lipinski definition) is 1. The zero-order chi connectivity index (χ0) is 14.5. The number of alkyl halides is 2. The molecule has 0 saturated heterocycles. The van der Waals surface area contributed by atoms with Crippen molar-refractivity contribution in [2.75, 3.05) is 0 Å². The highest BCUT2D eigenvalue weighted by Gasteiger charge is 2.07. The van der Waals surface area contributed by atoms with Crippen LogP contribution in [0.5, 0.6) is 0 Å². The Balaban J connectivity index is 1.92. The summed E-state index contributed by atoms with van der Waals surface area (Å²) in [7, 11) is 0. The van der Waals surface area contributed by atoms with E-state index in [0.29, 0.717) is 6.54 Å². The normalized spacial score (nSPS) is 12.7. The molecule has 0 aliphatic carbocycles. The Morgan fingerprint density at radius 1 is 0.900 bits per heavy atom.